The molecule has 2 rings (SSSR count). The Morgan fingerprint density at radius 2 is 2.29 bits per heavy atom. The zero-order valence-corrected chi connectivity index (χ0v) is 14.8. The first-order valence-corrected chi connectivity index (χ1v) is 8.03. The molecule has 1 atom stereocenters. The van der Waals surface area contributed by atoms with Gasteiger partial charge in [0, 0.05) is 12.1 Å². The number of likely N-dealkylation sites (N-methyl/N-ethyl adjacent to an activating group) is 1. The Balaban J connectivity index is 2.36. The maximum Gasteiger partial charge on any atom is 0.174 e. The quantitative estimate of drug-likeness (QED) is 0.807. The summed E-state index contributed by atoms with van der Waals surface area (Å²) >= 11 is 9.82. The van der Waals surface area contributed by atoms with Crippen LogP contribution in [0.3, 0.4) is 0 Å². The monoisotopic (exact) mass is 374 g/mol. The number of nitrogens with zero attached hydrogens (tertiary/aromatic N) is 3. The van der Waals surface area contributed by atoms with Crippen molar-refractivity contribution in [3.8, 4) is 0 Å². The summed E-state index contributed by atoms with van der Waals surface area (Å²) in [6, 6.07) is 1.89. The second-order valence-corrected chi connectivity index (χ2v) is 6.17. The van der Waals surface area contributed by atoms with Crippen LogP contribution in [0.4, 0.5) is 0 Å². The minimum absolute atomic E-state index is 0.0553. The van der Waals surface area contributed by atoms with Gasteiger partial charge in [0.1, 0.15) is 0 Å². The Bertz CT molecular complexity index is 581. The number of hydrogen-bond donors (Lipinski definition) is 1. The SMILES string of the molecule is CCNC(c1ccoc1Br)c1c(Cl)cnn1CCN(C)C. The minimum atomic E-state index is -0.0553. The van der Waals surface area contributed by atoms with Crippen molar-refractivity contribution in [3.05, 3.63) is 39.5 Å². The van der Waals surface area contributed by atoms with E-state index >= 15 is 0 Å². The van der Waals surface area contributed by atoms with Crippen LogP contribution < -0.4 is 5.32 Å². The average Bonchev–Trinajstić information content (AvgIpc) is 3.00. The highest BCUT2D eigenvalue weighted by atomic mass is 79.9. The highest BCUT2D eigenvalue weighted by Crippen LogP contribution is 2.33. The molecule has 0 bridgehead atoms. The zero-order valence-electron chi connectivity index (χ0n) is 12.4. The van der Waals surface area contributed by atoms with Crippen molar-refractivity contribution in [2.75, 3.05) is 27.2 Å². The molecule has 0 spiro atoms. The first-order valence-electron chi connectivity index (χ1n) is 6.86. The van der Waals surface area contributed by atoms with E-state index in [4.69, 9.17) is 16.0 Å². The van der Waals surface area contributed by atoms with Crippen molar-refractivity contribution in [3.63, 3.8) is 0 Å². The van der Waals surface area contributed by atoms with Crippen molar-refractivity contribution in [1.29, 1.82) is 0 Å². The van der Waals surface area contributed by atoms with E-state index in [2.05, 4.69) is 38.2 Å². The topological polar surface area (TPSA) is 46.2 Å². The molecule has 0 saturated heterocycles. The molecular formula is C14H20BrClN4O. The molecule has 1 N–H and O–H groups in total. The van der Waals surface area contributed by atoms with Gasteiger partial charge in [0.05, 0.1) is 35.8 Å². The Hall–Kier alpha value is -0.820. The van der Waals surface area contributed by atoms with Gasteiger partial charge in [0.25, 0.3) is 0 Å². The number of halogens is 2. The van der Waals surface area contributed by atoms with Crippen LogP contribution in [0.5, 0.6) is 0 Å². The normalized spacial score (nSPS) is 13.0. The van der Waals surface area contributed by atoms with Gasteiger partial charge in [-0.25, -0.2) is 0 Å². The van der Waals surface area contributed by atoms with Gasteiger partial charge in [0.15, 0.2) is 4.67 Å². The number of rotatable bonds is 7. The predicted molar refractivity (Wildman–Crippen MR) is 87.7 cm³/mol. The fraction of sp³-hybridized carbons (Fsp3) is 0.500. The number of aromatic nitrogens is 2. The summed E-state index contributed by atoms with van der Waals surface area (Å²) in [6.45, 7) is 4.57. The van der Waals surface area contributed by atoms with E-state index in [0.717, 1.165) is 30.9 Å². The molecule has 7 heteroatoms. The molecule has 0 aromatic carbocycles. The fourth-order valence-electron chi connectivity index (χ4n) is 2.20. The maximum absolute atomic E-state index is 6.38. The Morgan fingerprint density at radius 1 is 1.52 bits per heavy atom. The lowest BCUT2D eigenvalue weighted by molar-refractivity contribution is 0.365. The van der Waals surface area contributed by atoms with Gasteiger partial charge in [-0.15, -0.1) is 0 Å². The lowest BCUT2D eigenvalue weighted by Gasteiger charge is -2.20. The van der Waals surface area contributed by atoms with Gasteiger partial charge in [0.2, 0.25) is 0 Å². The number of hydrogen-bond acceptors (Lipinski definition) is 4. The molecule has 0 aliphatic heterocycles. The summed E-state index contributed by atoms with van der Waals surface area (Å²) in [7, 11) is 4.08. The lowest BCUT2D eigenvalue weighted by atomic mass is 10.1. The molecule has 2 heterocycles. The van der Waals surface area contributed by atoms with Crippen molar-refractivity contribution in [2.24, 2.45) is 0 Å². The Morgan fingerprint density at radius 3 is 2.86 bits per heavy atom. The second kappa shape index (κ2) is 7.45. The minimum Gasteiger partial charge on any atom is -0.457 e. The van der Waals surface area contributed by atoms with Crippen LogP contribution in [0.2, 0.25) is 5.02 Å². The van der Waals surface area contributed by atoms with Crippen LogP contribution in [0.15, 0.2) is 27.6 Å². The number of nitrogens with one attached hydrogen (secondary N) is 1. The van der Waals surface area contributed by atoms with Crippen LogP contribution in [0.1, 0.15) is 24.2 Å². The summed E-state index contributed by atoms with van der Waals surface area (Å²) in [5.74, 6) is 0. The molecule has 0 fully saturated rings. The Kier molecular flexibility index (Phi) is 5.87. The summed E-state index contributed by atoms with van der Waals surface area (Å²) in [6.07, 6.45) is 3.36. The molecule has 0 aliphatic rings. The standard InChI is InChI=1S/C14H20BrClN4O/c1-4-17-12(10-5-8-21-14(10)15)13-11(16)9-18-20(13)7-6-19(2)3/h5,8-9,12,17H,4,6-7H2,1-3H3. The van der Waals surface area contributed by atoms with E-state index in [-0.39, 0.29) is 6.04 Å². The van der Waals surface area contributed by atoms with Crippen molar-refractivity contribution in [1.82, 2.24) is 20.0 Å². The summed E-state index contributed by atoms with van der Waals surface area (Å²) in [4.78, 5) is 2.12. The summed E-state index contributed by atoms with van der Waals surface area (Å²) < 4.78 is 8.03. The van der Waals surface area contributed by atoms with E-state index in [1.165, 1.54) is 0 Å². The summed E-state index contributed by atoms with van der Waals surface area (Å²) in [5.41, 5.74) is 1.98. The van der Waals surface area contributed by atoms with Gasteiger partial charge in [-0.3, -0.25) is 4.68 Å². The van der Waals surface area contributed by atoms with Gasteiger partial charge in [-0.1, -0.05) is 18.5 Å². The first kappa shape index (κ1) is 16.5. The Labute approximate surface area is 138 Å². The molecular weight excluding hydrogens is 356 g/mol. The van der Waals surface area contributed by atoms with Crippen molar-refractivity contribution < 1.29 is 4.42 Å². The van der Waals surface area contributed by atoms with Crippen LogP contribution >= 0.6 is 27.5 Å². The third kappa shape index (κ3) is 3.88. The van der Waals surface area contributed by atoms with Gasteiger partial charge >= 0.3 is 0 Å². The first-order chi connectivity index (χ1) is 10.0. The molecule has 5 nitrogen and oxygen atoms in total. The summed E-state index contributed by atoms with van der Waals surface area (Å²) in [5, 5.41) is 8.51. The maximum atomic E-state index is 6.38. The van der Waals surface area contributed by atoms with E-state index in [0.29, 0.717) is 9.69 Å². The largest absolute Gasteiger partial charge is 0.457 e. The molecule has 2 aromatic rings. The van der Waals surface area contributed by atoms with E-state index in [1.54, 1.807) is 12.5 Å². The second-order valence-electron chi connectivity index (χ2n) is 5.04. The van der Waals surface area contributed by atoms with Crippen LogP contribution in [0.25, 0.3) is 0 Å². The molecule has 0 amide bonds. The fourth-order valence-corrected chi connectivity index (χ4v) is 2.92. The molecule has 0 saturated carbocycles. The van der Waals surface area contributed by atoms with Crippen LogP contribution in [-0.2, 0) is 6.54 Å². The van der Waals surface area contributed by atoms with Gasteiger partial charge < -0.3 is 14.6 Å². The van der Waals surface area contributed by atoms with Gasteiger partial charge in [-0.2, -0.15) is 5.10 Å². The molecule has 0 radical (unpaired) electrons. The molecule has 116 valence electrons. The smallest absolute Gasteiger partial charge is 0.174 e. The molecule has 1 unspecified atom stereocenters. The molecule has 2 aromatic heterocycles. The van der Waals surface area contributed by atoms with Crippen LogP contribution in [-0.4, -0.2) is 41.9 Å². The van der Waals surface area contributed by atoms with E-state index in [9.17, 15) is 0 Å². The van der Waals surface area contributed by atoms with Crippen molar-refractivity contribution >= 4 is 27.5 Å². The average molecular weight is 376 g/mol. The van der Waals surface area contributed by atoms with E-state index in [1.807, 2.05) is 24.8 Å². The van der Waals surface area contributed by atoms with Crippen molar-refractivity contribution in [2.45, 2.75) is 19.5 Å². The highest BCUT2D eigenvalue weighted by molar-refractivity contribution is 9.10. The van der Waals surface area contributed by atoms with E-state index < -0.39 is 0 Å². The molecule has 21 heavy (non-hydrogen) atoms. The van der Waals surface area contributed by atoms with Gasteiger partial charge in [-0.05, 0) is 42.6 Å². The third-order valence-electron chi connectivity index (χ3n) is 3.23. The third-order valence-corrected chi connectivity index (χ3v) is 4.17. The highest BCUT2D eigenvalue weighted by Gasteiger charge is 2.24. The zero-order chi connectivity index (χ0) is 15.4. The van der Waals surface area contributed by atoms with Crippen LogP contribution in [0, 0.1) is 0 Å². The lowest BCUT2D eigenvalue weighted by Crippen LogP contribution is -2.27. The molecule has 0 aliphatic carbocycles. The number of furan rings is 1. The predicted octanol–water partition coefficient (Wildman–Crippen LogP) is 3.15.